The molecule has 1 aromatic rings. The number of hydrogen-bond acceptors (Lipinski definition) is 4. The minimum atomic E-state index is -0.439. The van der Waals surface area contributed by atoms with E-state index in [0.717, 1.165) is 31.4 Å². The Bertz CT molecular complexity index is 625. The maximum Gasteiger partial charge on any atom is 0.237 e. The van der Waals surface area contributed by atoms with Crippen LogP contribution in [0.1, 0.15) is 31.2 Å². The van der Waals surface area contributed by atoms with E-state index in [2.05, 4.69) is 10.2 Å². The average Bonchev–Trinajstić information content (AvgIpc) is 2.61. The van der Waals surface area contributed by atoms with Crippen LogP contribution in [0, 0.1) is 5.41 Å². The van der Waals surface area contributed by atoms with Gasteiger partial charge in [-0.2, -0.15) is 0 Å². The molecule has 2 fully saturated rings. The summed E-state index contributed by atoms with van der Waals surface area (Å²) in [4.78, 5) is 28.9. The third-order valence-corrected chi connectivity index (χ3v) is 5.79. The summed E-state index contributed by atoms with van der Waals surface area (Å²) in [6.07, 6.45) is 3.21. The number of carbonyl (C=O) groups excluding carboxylic acids is 2. The number of aliphatic hydroxyl groups excluding tert-OH is 1. The Morgan fingerprint density at radius 1 is 1.35 bits per heavy atom. The number of hydrogen-bond donors (Lipinski definition) is 2. The van der Waals surface area contributed by atoms with Crippen LogP contribution in [0.3, 0.4) is 0 Å². The Labute approximate surface area is 155 Å². The predicted molar refractivity (Wildman–Crippen MR) is 99.3 cm³/mol. The van der Waals surface area contributed by atoms with Crippen molar-refractivity contribution in [2.75, 3.05) is 33.3 Å². The van der Waals surface area contributed by atoms with Crippen LogP contribution in [0.25, 0.3) is 0 Å². The molecule has 1 aliphatic heterocycles. The number of rotatable bonds is 7. The molecule has 2 aliphatic rings. The fraction of sp³-hybridized carbons (Fsp3) is 0.600. The molecule has 0 radical (unpaired) electrons. The van der Waals surface area contributed by atoms with Gasteiger partial charge in [0.15, 0.2) is 0 Å². The highest BCUT2D eigenvalue weighted by Crippen LogP contribution is 2.40. The topological polar surface area (TPSA) is 72.9 Å². The highest BCUT2D eigenvalue weighted by atomic mass is 16.3. The molecule has 1 aliphatic carbocycles. The first-order valence-corrected chi connectivity index (χ1v) is 9.43. The van der Waals surface area contributed by atoms with Gasteiger partial charge in [-0.1, -0.05) is 36.8 Å². The van der Waals surface area contributed by atoms with Crippen molar-refractivity contribution in [1.82, 2.24) is 15.1 Å². The molecule has 0 bridgehead atoms. The van der Waals surface area contributed by atoms with Crippen molar-refractivity contribution in [2.45, 2.75) is 38.3 Å². The highest BCUT2D eigenvalue weighted by molar-refractivity contribution is 5.88. The zero-order chi connectivity index (χ0) is 18.6. The van der Waals surface area contributed by atoms with Gasteiger partial charge in [0.05, 0.1) is 19.1 Å². The first-order chi connectivity index (χ1) is 12.5. The van der Waals surface area contributed by atoms with E-state index in [0.29, 0.717) is 19.6 Å². The van der Waals surface area contributed by atoms with Crippen LogP contribution >= 0.6 is 0 Å². The summed E-state index contributed by atoms with van der Waals surface area (Å²) in [6.45, 7) is 2.70. The molecule has 1 saturated heterocycles. The van der Waals surface area contributed by atoms with Gasteiger partial charge in [0, 0.05) is 38.6 Å². The summed E-state index contributed by atoms with van der Waals surface area (Å²) in [5.41, 5.74) is 1.00. The van der Waals surface area contributed by atoms with Gasteiger partial charge in [-0.25, -0.2) is 0 Å². The molecular weight excluding hydrogens is 330 g/mol. The smallest absolute Gasteiger partial charge is 0.237 e. The van der Waals surface area contributed by atoms with Crippen LogP contribution in [-0.4, -0.2) is 66.1 Å². The molecule has 26 heavy (non-hydrogen) atoms. The van der Waals surface area contributed by atoms with Crippen LogP contribution in [0.5, 0.6) is 0 Å². The second-order valence-corrected chi connectivity index (χ2v) is 7.73. The van der Waals surface area contributed by atoms with Gasteiger partial charge in [-0.15, -0.1) is 0 Å². The molecule has 2 N–H and O–H groups in total. The van der Waals surface area contributed by atoms with E-state index in [1.54, 1.807) is 11.9 Å². The number of piperazine rings is 1. The quantitative estimate of drug-likeness (QED) is 0.762. The number of nitrogens with one attached hydrogen (secondary N) is 1. The van der Waals surface area contributed by atoms with Crippen molar-refractivity contribution in [3.8, 4) is 0 Å². The maximum absolute atomic E-state index is 12.7. The highest BCUT2D eigenvalue weighted by Gasteiger charge is 2.39. The van der Waals surface area contributed by atoms with Gasteiger partial charge in [-0.3, -0.25) is 14.5 Å². The number of amides is 2. The largest absolute Gasteiger partial charge is 0.396 e. The first kappa shape index (κ1) is 18.9. The van der Waals surface area contributed by atoms with E-state index >= 15 is 0 Å². The monoisotopic (exact) mass is 359 g/mol. The van der Waals surface area contributed by atoms with Gasteiger partial charge in [0.2, 0.25) is 11.8 Å². The molecule has 2 amide bonds. The zero-order valence-electron chi connectivity index (χ0n) is 15.5. The van der Waals surface area contributed by atoms with Crippen molar-refractivity contribution in [2.24, 2.45) is 5.41 Å². The van der Waals surface area contributed by atoms with Gasteiger partial charge >= 0.3 is 0 Å². The van der Waals surface area contributed by atoms with Crippen LogP contribution < -0.4 is 5.32 Å². The molecule has 1 saturated carbocycles. The van der Waals surface area contributed by atoms with E-state index in [1.165, 1.54) is 0 Å². The van der Waals surface area contributed by atoms with E-state index < -0.39 is 6.04 Å². The summed E-state index contributed by atoms with van der Waals surface area (Å²) < 4.78 is 0. The Balaban J connectivity index is 1.62. The van der Waals surface area contributed by atoms with Gasteiger partial charge < -0.3 is 15.3 Å². The van der Waals surface area contributed by atoms with Crippen molar-refractivity contribution in [3.05, 3.63) is 35.9 Å². The summed E-state index contributed by atoms with van der Waals surface area (Å²) in [5, 5.41) is 12.5. The van der Waals surface area contributed by atoms with Crippen LogP contribution in [-0.2, 0) is 16.1 Å². The molecule has 1 unspecified atom stereocenters. The lowest BCUT2D eigenvalue weighted by molar-refractivity contribution is -0.140. The number of carbonyl (C=O) groups is 2. The summed E-state index contributed by atoms with van der Waals surface area (Å²) in [7, 11) is 1.78. The molecule has 6 heteroatoms. The number of benzene rings is 1. The zero-order valence-corrected chi connectivity index (χ0v) is 15.5. The molecule has 0 spiro atoms. The fourth-order valence-corrected chi connectivity index (χ4v) is 3.95. The lowest BCUT2D eigenvalue weighted by Crippen LogP contribution is -2.56. The van der Waals surface area contributed by atoms with E-state index in [1.807, 2.05) is 30.3 Å². The lowest BCUT2D eigenvalue weighted by Gasteiger charge is -2.43. The van der Waals surface area contributed by atoms with Crippen LogP contribution in [0.4, 0.5) is 0 Å². The van der Waals surface area contributed by atoms with E-state index in [-0.39, 0.29) is 30.3 Å². The molecule has 0 aromatic heterocycles. The third kappa shape index (κ3) is 4.24. The van der Waals surface area contributed by atoms with Gasteiger partial charge in [0.1, 0.15) is 0 Å². The normalized spacial score (nSPS) is 22.4. The average molecular weight is 359 g/mol. The van der Waals surface area contributed by atoms with Crippen LogP contribution in [0.15, 0.2) is 30.3 Å². The standard InChI is InChI=1S/C20H29N3O3/c1-22(14-20(15-24)8-5-9-20)18(25)12-17-19(26)21-10-11-23(17)13-16-6-3-2-4-7-16/h2-4,6-7,17,24H,5,8-15H2,1H3,(H,21,26). The van der Waals surface area contributed by atoms with E-state index in [9.17, 15) is 14.7 Å². The maximum atomic E-state index is 12.7. The van der Waals surface area contributed by atoms with Crippen molar-refractivity contribution in [3.63, 3.8) is 0 Å². The first-order valence-electron chi connectivity index (χ1n) is 9.43. The second kappa shape index (κ2) is 8.18. The molecule has 1 aromatic carbocycles. The predicted octanol–water partition coefficient (Wildman–Crippen LogP) is 0.998. The third-order valence-electron chi connectivity index (χ3n) is 5.79. The minimum absolute atomic E-state index is 0.0372. The lowest BCUT2D eigenvalue weighted by atomic mass is 9.69. The van der Waals surface area contributed by atoms with Crippen molar-refractivity contribution < 1.29 is 14.7 Å². The Kier molecular flexibility index (Phi) is 5.94. The number of nitrogens with zero attached hydrogens (tertiary/aromatic N) is 2. The Morgan fingerprint density at radius 3 is 2.69 bits per heavy atom. The molecule has 6 nitrogen and oxygen atoms in total. The van der Waals surface area contributed by atoms with Crippen molar-refractivity contribution >= 4 is 11.8 Å². The summed E-state index contributed by atoms with van der Waals surface area (Å²) >= 11 is 0. The van der Waals surface area contributed by atoms with Crippen LogP contribution in [0.2, 0.25) is 0 Å². The Morgan fingerprint density at radius 2 is 2.08 bits per heavy atom. The van der Waals surface area contributed by atoms with Gasteiger partial charge in [-0.05, 0) is 18.4 Å². The summed E-state index contributed by atoms with van der Waals surface area (Å²) in [5.74, 6) is -0.112. The van der Waals surface area contributed by atoms with Crippen molar-refractivity contribution in [1.29, 1.82) is 0 Å². The molecule has 3 rings (SSSR count). The molecule has 1 atom stereocenters. The minimum Gasteiger partial charge on any atom is -0.396 e. The molecule has 1 heterocycles. The fourth-order valence-electron chi connectivity index (χ4n) is 3.95. The SMILES string of the molecule is CN(CC1(CO)CCC1)C(=O)CC1C(=O)NCCN1Cc1ccccc1. The Hall–Kier alpha value is -1.92. The summed E-state index contributed by atoms with van der Waals surface area (Å²) in [6, 6.07) is 9.59. The van der Waals surface area contributed by atoms with Gasteiger partial charge in [0.25, 0.3) is 0 Å². The molecule has 142 valence electrons. The second-order valence-electron chi connectivity index (χ2n) is 7.73. The molecular formula is C20H29N3O3. The number of aliphatic hydroxyl groups is 1. The van der Waals surface area contributed by atoms with E-state index in [4.69, 9.17) is 0 Å².